The Balaban J connectivity index is 2.47. The molecular formula is C29H39ClO5S. The second-order valence-electron chi connectivity index (χ2n) is 10.5. The summed E-state index contributed by atoms with van der Waals surface area (Å²) >= 11 is 6.58. The average molecular weight is 535 g/mol. The van der Waals surface area contributed by atoms with Crippen molar-refractivity contribution in [1.29, 1.82) is 0 Å². The van der Waals surface area contributed by atoms with Crippen molar-refractivity contribution >= 4 is 33.2 Å². The van der Waals surface area contributed by atoms with E-state index in [-0.39, 0.29) is 29.1 Å². The van der Waals surface area contributed by atoms with Gasteiger partial charge in [0.15, 0.2) is 15.6 Å². The van der Waals surface area contributed by atoms with Gasteiger partial charge in [0, 0.05) is 13.3 Å². The van der Waals surface area contributed by atoms with Crippen LogP contribution in [0.15, 0.2) is 63.6 Å². The van der Waals surface area contributed by atoms with Crippen molar-refractivity contribution in [2.24, 2.45) is 5.41 Å². The van der Waals surface area contributed by atoms with Crippen LogP contribution in [0.25, 0.3) is 0 Å². The molecule has 198 valence electrons. The summed E-state index contributed by atoms with van der Waals surface area (Å²) in [7, 11) is -3.78. The second kappa shape index (κ2) is 12.4. The molecule has 0 spiro atoms. The maximum absolute atomic E-state index is 14.0. The first-order valence-electron chi connectivity index (χ1n) is 12.3. The highest BCUT2D eigenvalue weighted by Gasteiger charge is 2.40. The Hall–Kier alpha value is -2.18. The lowest BCUT2D eigenvalue weighted by Gasteiger charge is -2.38. The number of alkyl halides is 1. The molecule has 1 aliphatic rings. The molecule has 1 aliphatic carbocycles. The van der Waals surface area contributed by atoms with Gasteiger partial charge >= 0.3 is 5.97 Å². The van der Waals surface area contributed by atoms with Gasteiger partial charge in [0.1, 0.15) is 17.2 Å². The first kappa shape index (κ1) is 30.0. The van der Waals surface area contributed by atoms with E-state index in [9.17, 15) is 18.0 Å². The van der Waals surface area contributed by atoms with Gasteiger partial charge in [0.05, 0.1) is 4.90 Å². The zero-order valence-electron chi connectivity index (χ0n) is 22.5. The van der Waals surface area contributed by atoms with Crippen LogP contribution in [0, 0.1) is 12.3 Å². The summed E-state index contributed by atoms with van der Waals surface area (Å²) in [5, 5.41) is -1.88. The quantitative estimate of drug-likeness (QED) is 0.190. The van der Waals surface area contributed by atoms with E-state index in [1.807, 2.05) is 13.8 Å². The molecule has 2 unspecified atom stereocenters. The summed E-state index contributed by atoms with van der Waals surface area (Å²) in [6.07, 6.45) is 6.18. The third kappa shape index (κ3) is 7.66. The van der Waals surface area contributed by atoms with E-state index in [2.05, 4.69) is 13.8 Å². The predicted octanol–water partition coefficient (Wildman–Crippen LogP) is 6.69. The minimum absolute atomic E-state index is 0.0865. The summed E-state index contributed by atoms with van der Waals surface area (Å²) in [4.78, 5) is 24.1. The third-order valence-corrected chi connectivity index (χ3v) is 9.34. The zero-order valence-corrected chi connectivity index (χ0v) is 24.1. The first-order chi connectivity index (χ1) is 16.7. The van der Waals surface area contributed by atoms with Gasteiger partial charge in [-0.3, -0.25) is 9.59 Å². The summed E-state index contributed by atoms with van der Waals surface area (Å²) in [5.74, 6) is -0.627. The molecule has 0 saturated carbocycles. The zero-order chi connectivity index (χ0) is 27.3. The monoisotopic (exact) mass is 534 g/mol. The number of Topliss-reactive ketones (excluding diaryl/α,β-unsaturated/α-hetero) is 1. The van der Waals surface area contributed by atoms with Gasteiger partial charge in [0.2, 0.25) is 0 Å². The van der Waals surface area contributed by atoms with Crippen molar-refractivity contribution in [2.75, 3.05) is 6.61 Å². The number of hydrogen-bond donors (Lipinski definition) is 0. The SMILES string of the molecule is CC(=O)OCC=C(C)CC(=O)C(Cl)C(C)=CC(C1=C(C)CCCC1(C)C)S(=O)(=O)c1ccc(C)cc1. The van der Waals surface area contributed by atoms with Gasteiger partial charge in [-0.25, -0.2) is 8.42 Å². The average Bonchev–Trinajstić information content (AvgIpc) is 2.77. The van der Waals surface area contributed by atoms with Crippen LogP contribution in [0.5, 0.6) is 0 Å². The van der Waals surface area contributed by atoms with Crippen molar-refractivity contribution < 1.29 is 22.7 Å². The Kier molecular flexibility index (Phi) is 10.3. The number of allylic oxidation sites excluding steroid dienone is 3. The van der Waals surface area contributed by atoms with Crippen LogP contribution >= 0.6 is 11.6 Å². The van der Waals surface area contributed by atoms with Crippen molar-refractivity contribution in [3.8, 4) is 0 Å². The molecule has 0 amide bonds. The second-order valence-corrected chi connectivity index (χ2v) is 13.0. The van der Waals surface area contributed by atoms with Crippen molar-refractivity contribution in [3.63, 3.8) is 0 Å². The molecule has 2 rings (SSSR count). The molecule has 0 bridgehead atoms. The Labute approximate surface area is 221 Å². The molecule has 7 heteroatoms. The molecule has 2 atom stereocenters. The first-order valence-corrected chi connectivity index (χ1v) is 14.3. The van der Waals surface area contributed by atoms with Gasteiger partial charge in [-0.1, -0.05) is 54.3 Å². The van der Waals surface area contributed by atoms with E-state index < -0.39 is 26.4 Å². The van der Waals surface area contributed by atoms with Crippen molar-refractivity contribution in [2.45, 2.75) is 89.7 Å². The summed E-state index contributed by atoms with van der Waals surface area (Å²) in [6, 6.07) is 6.89. The van der Waals surface area contributed by atoms with Gasteiger partial charge in [-0.2, -0.15) is 0 Å². The topological polar surface area (TPSA) is 77.5 Å². The molecule has 0 radical (unpaired) electrons. The van der Waals surface area contributed by atoms with Gasteiger partial charge < -0.3 is 4.74 Å². The minimum Gasteiger partial charge on any atom is -0.462 e. The van der Waals surface area contributed by atoms with Crippen LogP contribution in [0.3, 0.4) is 0 Å². The number of esters is 1. The molecule has 0 saturated heterocycles. The number of ketones is 1. The Morgan fingerprint density at radius 2 is 1.72 bits per heavy atom. The highest BCUT2D eigenvalue weighted by molar-refractivity contribution is 7.92. The molecule has 1 aromatic rings. The van der Waals surface area contributed by atoms with Crippen molar-refractivity contribution in [1.82, 2.24) is 0 Å². The number of aryl methyl sites for hydroxylation is 1. The van der Waals surface area contributed by atoms with Crippen LogP contribution < -0.4 is 0 Å². The molecular weight excluding hydrogens is 496 g/mol. The largest absolute Gasteiger partial charge is 0.462 e. The highest BCUT2D eigenvalue weighted by Crippen LogP contribution is 2.45. The Morgan fingerprint density at radius 3 is 2.28 bits per heavy atom. The normalized spacial score (nSPS) is 18.6. The standard InChI is InChI=1S/C29H39ClO5S/c1-19-10-12-24(13-11-19)36(33,34)26(27-21(3)9-8-15-29(27,6)7)18-22(4)28(30)25(32)17-20(2)14-16-35-23(5)31/h10-14,18,26,28H,8-9,15-17H2,1-7H3. The molecule has 5 nitrogen and oxygen atoms in total. The lowest BCUT2D eigenvalue weighted by molar-refractivity contribution is -0.139. The molecule has 1 aromatic carbocycles. The van der Waals surface area contributed by atoms with Gasteiger partial charge in [-0.15, -0.1) is 11.6 Å². The highest BCUT2D eigenvalue weighted by atomic mass is 35.5. The number of carbonyl (C=O) groups excluding carboxylic acids is 2. The van der Waals surface area contributed by atoms with Gasteiger partial charge in [-0.05, 0) is 76.2 Å². The fourth-order valence-corrected chi connectivity index (χ4v) is 6.97. The van der Waals surface area contributed by atoms with E-state index in [1.54, 1.807) is 50.3 Å². The van der Waals surface area contributed by atoms with E-state index >= 15 is 0 Å². The molecule has 36 heavy (non-hydrogen) atoms. The van der Waals surface area contributed by atoms with E-state index in [4.69, 9.17) is 16.3 Å². The lowest BCUT2D eigenvalue weighted by Crippen LogP contribution is -2.34. The van der Waals surface area contributed by atoms with Crippen LogP contribution in [-0.4, -0.2) is 37.4 Å². The smallest absolute Gasteiger partial charge is 0.302 e. The molecule has 0 aliphatic heterocycles. The Morgan fingerprint density at radius 1 is 1.11 bits per heavy atom. The molecule has 0 aromatic heterocycles. The fourth-order valence-electron chi connectivity index (χ4n) is 4.79. The van der Waals surface area contributed by atoms with Gasteiger partial charge in [0.25, 0.3) is 0 Å². The molecule has 0 fully saturated rings. The number of ether oxygens (including phenoxy) is 1. The maximum atomic E-state index is 14.0. The number of halogens is 1. The minimum atomic E-state index is -3.78. The maximum Gasteiger partial charge on any atom is 0.302 e. The molecule has 0 heterocycles. The summed E-state index contributed by atoms with van der Waals surface area (Å²) < 4.78 is 32.9. The lowest BCUT2D eigenvalue weighted by atomic mass is 9.71. The fraction of sp³-hybridized carbons (Fsp3) is 0.517. The number of rotatable bonds is 10. The van der Waals surface area contributed by atoms with Crippen molar-refractivity contribution in [3.05, 3.63) is 64.3 Å². The van der Waals surface area contributed by atoms with E-state index in [0.29, 0.717) is 5.57 Å². The summed E-state index contributed by atoms with van der Waals surface area (Å²) in [6.45, 7) is 13.0. The van der Waals surface area contributed by atoms with Crippen LogP contribution in [0.2, 0.25) is 0 Å². The third-order valence-electron chi connectivity index (χ3n) is 6.78. The number of sulfone groups is 1. The van der Waals surface area contributed by atoms with Crippen LogP contribution in [-0.2, 0) is 24.2 Å². The number of hydrogen-bond acceptors (Lipinski definition) is 5. The Bertz CT molecular complexity index is 1170. The number of benzene rings is 1. The van der Waals surface area contributed by atoms with E-state index in [1.165, 1.54) is 6.92 Å². The summed E-state index contributed by atoms with van der Waals surface area (Å²) in [5.41, 5.74) is 3.89. The predicted molar refractivity (Wildman–Crippen MR) is 146 cm³/mol. The molecule has 0 N–H and O–H groups in total. The van der Waals surface area contributed by atoms with Crippen LogP contribution in [0.1, 0.15) is 72.8 Å². The van der Waals surface area contributed by atoms with E-state index in [0.717, 1.165) is 41.5 Å². The van der Waals surface area contributed by atoms with Crippen LogP contribution in [0.4, 0.5) is 0 Å². The number of carbonyl (C=O) groups is 2.